The van der Waals surface area contributed by atoms with Gasteiger partial charge < -0.3 is 5.32 Å². The van der Waals surface area contributed by atoms with Crippen LogP contribution in [0, 0.1) is 11.7 Å². The van der Waals surface area contributed by atoms with Gasteiger partial charge in [-0.1, -0.05) is 72.8 Å². The van der Waals surface area contributed by atoms with Crippen molar-refractivity contribution >= 4 is 45.6 Å². The van der Waals surface area contributed by atoms with Gasteiger partial charge in [0.1, 0.15) is 0 Å². The number of hydrogen-bond donors (Lipinski definition) is 3. The van der Waals surface area contributed by atoms with E-state index in [1.54, 1.807) is 24.3 Å². The van der Waals surface area contributed by atoms with Crippen LogP contribution in [-0.4, -0.2) is 18.7 Å². The van der Waals surface area contributed by atoms with Gasteiger partial charge in [0.2, 0.25) is 5.60 Å². The Morgan fingerprint density at radius 2 is 1.74 bits per heavy atom. The van der Waals surface area contributed by atoms with Crippen LogP contribution < -0.4 is 16.3 Å². The van der Waals surface area contributed by atoms with Crippen molar-refractivity contribution in [2.45, 2.75) is 43.9 Å². The van der Waals surface area contributed by atoms with Gasteiger partial charge in [0.25, 0.3) is 5.91 Å². The minimum Gasteiger partial charge on any atom is -0.327 e. The maximum absolute atomic E-state index is 14.5. The van der Waals surface area contributed by atoms with E-state index in [-0.39, 0.29) is 5.70 Å². The highest BCUT2D eigenvalue weighted by Gasteiger charge is 2.60. The van der Waals surface area contributed by atoms with Gasteiger partial charge in [0.15, 0.2) is 5.82 Å². The van der Waals surface area contributed by atoms with Gasteiger partial charge in [-0.3, -0.25) is 25.4 Å². The van der Waals surface area contributed by atoms with Crippen molar-refractivity contribution in [2.75, 3.05) is 6.61 Å². The largest absolute Gasteiger partial charge is 0.428 e. The van der Waals surface area contributed by atoms with Gasteiger partial charge in [-0.2, -0.15) is 13.2 Å². The van der Waals surface area contributed by atoms with Crippen molar-refractivity contribution in [2.24, 2.45) is 5.92 Å². The number of hydroxylamine groups is 2. The van der Waals surface area contributed by atoms with E-state index in [2.05, 4.69) is 16.3 Å². The van der Waals surface area contributed by atoms with E-state index in [4.69, 9.17) is 32.9 Å². The molecular weight excluding hydrogens is 597 g/mol. The van der Waals surface area contributed by atoms with Crippen molar-refractivity contribution in [3.8, 4) is 0 Å². The Bertz CT molecular complexity index is 1520. The third kappa shape index (κ3) is 6.08. The number of fused-ring (bicyclic) bond motifs is 1. The molecule has 0 bridgehead atoms. The smallest absolute Gasteiger partial charge is 0.327 e. The molecule has 3 N–H and O–H groups in total. The number of halogens is 6. The second-order valence-electron chi connectivity index (χ2n) is 10.2. The molecule has 2 aliphatic rings. The zero-order valence-electron chi connectivity index (χ0n) is 22.2. The Morgan fingerprint density at radius 1 is 1.05 bits per heavy atom. The van der Waals surface area contributed by atoms with E-state index in [0.717, 1.165) is 31.1 Å². The van der Waals surface area contributed by atoms with Crippen LogP contribution in [0.15, 0.2) is 67.0 Å². The lowest BCUT2D eigenvalue weighted by atomic mass is 9.90. The van der Waals surface area contributed by atoms with Crippen molar-refractivity contribution in [3.63, 3.8) is 0 Å². The lowest BCUT2D eigenvalue weighted by molar-refractivity contribution is -0.269. The van der Waals surface area contributed by atoms with Crippen LogP contribution in [0.1, 0.15) is 53.6 Å². The highest BCUT2D eigenvalue weighted by Crippen LogP contribution is 2.49. The van der Waals surface area contributed by atoms with E-state index >= 15 is 0 Å². The van der Waals surface area contributed by atoms with Crippen molar-refractivity contribution < 1.29 is 32.0 Å². The van der Waals surface area contributed by atoms with Gasteiger partial charge in [0, 0.05) is 29.1 Å². The SMILES string of the molecule is O=C(NC=CNOCC1CCCCC1)c1ccc(C2=CC(c3cc(Cl)c(F)c(Cl)c3)(C(F)(F)F)ON2)c2ccccc12. The molecule has 3 aromatic carbocycles. The number of nitrogens with one attached hydrogen (secondary N) is 3. The van der Waals surface area contributed by atoms with Crippen LogP contribution >= 0.6 is 23.2 Å². The summed E-state index contributed by atoms with van der Waals surface area (Å²) in [4.78, 5) is 23.6. The Balaban J connectivity index is 1.38. The molecule has 5 rings (SSSR count). The minimum absolute atomic E-state index is 0.00809. The van der Waals surface area contributed by atoms with Crippen LogP contribution in [0.25, 0.3) is 16.5 Å². The second kappa shape index (κ2) is 12.5. The minimum atomic E-state index is -4.97. The molecule has 12 heteroatoms. The lowest BCUT2D eigenvalue weighted by Gasteiger charge is -2.28. The van der Waals surface area contributed by atoms with Gasteiger partial charge in [-0.15, -0.1) is 0 Å². The summed E-state index contributed by atoms with van der Waals surface area (Å²) in [6.07, 6.45) is 4.76. The fourth-order valence-corrected chi connectivity index (χ4v) is 5.76. The monoisotopic (exact) mass is 623 g/mol. The molecule has 1 fully saturated rings. The van der Waals surface area contributed by atoms with E-state index in [0.29, 0.717) is 34.4 Å². The maximum Gasteiger partial charge on any atom is 0.428 e. The second-order valence-corrected chi connectivity index (χ2v) is 11.0. The molecule has 1 amide bonds. The van der Waals surface area contributed by atoms with Crippen LogP contribution in [0.3, 0.4) is 0 Å². The maximum atomic E-state index is 14.5. The first-order chi connectivity index (χ1) is 20.1. The number of benzene rings is 3. The lowest BCUT2D eigenvalue weighted by Crippen LogP contribution is -2.42. The van der Waals surface area contributed by atoms with Crippen molar-refractivity contribution in [1.82, 2.24) is 16.3 Å². The molecule has 1 aliphatic carbocycles. The number of hydrogen-bond acceptors (Lipinski definition) is 5. The third-order valence-electron chi connectivity index (χ3n) is 7.46. The average Bonchev–Trinajstić information content (AvgIpc) is 3.44. The Kier molecular flexibility index (Phi) is 8.98. The first kappa shape index (κ1) is 30.2. The van der Waals surface area contributed by atoms with E-state index in [9.17, 15) is 22.4 Å². The summed E-state index contributed by atoms with van der Waals surface area (Å²) in [6, 6.07) is 11.5. The van der Waals surface area contributed by atoms with Crippen molar-refractivity contribution in [1.29, 1.82) is 0 Å². The van der Waals surface area contributed by atoms with Gasteiger partial charge in [-0.05, 0) is 53.8 Å². The normalized spacial score (nSPS) is 19.6. The van der Waals surface area contributed by atoms with Crippen molar-refractivity contribution in [3.05, 3.63) is 99.6 Å². The quantitative estimate of drug-likeness (QED) is 0.103. The Morgan fingerprint density at radius 3 is 2.43 bits per heavy atom. The zero-order chi connectivity index (χ0) is 29.9. The van der Waals surface area contributed by atoms with E-state index in [1.807, 2.05) is 0 Å². The highest BCUT2D eigenvalue weighted by molar-refractivity contribution is 6.35. The Labute approximate surface area is 249 Å². The average molecular weight is 624 g/mol. The molecule has 1 saturated carbocycles. The van der Waals surface area contributed by atoms with Crippen LogP contribution in [-0.2, 0) is 15.3 Å². The molecule has 3 aromatic rings. The molecule has 1 atom stereocenters. The molecule has 6 nitrogen and oxygen atoms in total. The topological polar surface area (TPSA) is 71.6 Å². The predicted octanol–water partition coefficient (Wildman–Crippen LogP) is 7.92. The summed E-state index contributed by atoms with van der Waals surface area (Å²) >= 11 is 11.6. The standard InChI is InChI=1S/C30H27Cl2F4N3O3/c31-24-14-19(15-25(32)27(24)33)29(30(34,35)36)16-26(39-42-29)22-10-11-23(21-9-5-4-8-20(21)22)28(40)37-12-13-38-41-17-18-6-2-1-3-7-18/h4-5,8-16,18,38-39H,1-3,6-7,17H2,(H,37,40). The summed E-state index contributed by atoms with van der Waals surface area (Å²) in [5, 5.41) is 2.51. The van der Waals surface area contributed by atoms with Crippen LogP contribution in [0.4, 0.5) is 17.6 Å². The molecular formula is C30H27Cl2F4N3O3. The highest BCUT2D eigenvalue weighted by atomic mass is 35.5. The van der Waals surface area contributed by atoms with E-state index < -0.39 is 39.1 Å². The summed E-state index contributed by atoms with van der Waals surface area (Å²) < 4.78 is 57.4. The zero-order valence-corrected chi connectivity index (χ0v) is 23.7. The Hall–Kier alpha value is -3.31. The van der Waals surface area contributed by atoms with Crippen LogP contribution in [0.2, 0.25) is 10.0 Å². The fraction of sp³-hybridized carbons (Fsp3) is 0.300. The predicted molar refractivity (Wildman–Crippen MR) is 153 cm³/mol. The molecule has 0 radical (unpaired) electrons. The summed E-state index contributed by atoms with van der Waals surface area (Å²) in [5.41, 5.74) is 2.22. The molecule has 0 spiro atoms. The molecule has 1 aliphatic heterocycles. The first-order valence-corrected chi connectivity index (χ1v) is 14.1. The van der Waals surface area contributed by atoms with E-state index in [1.165, 1.54) is 43.8 Å². The molecule has 1 unspecified atom stereocenters. The first-order valence-electron chi connectivity index (χ1n) is 13.3. The number of carbonyl (C=O) groups excluding carboxylic acids is 1. The summed E-state index contributed by atoms with van der Waals surface area (Å²) in [5.74, 6) is -0.929. The van der Waals surface area contributed by atoms with Gasteiger partial charge >= 0.3 is 6.18 Å². The number of rotatable bonds is 8. The molecule has 42 heavy (non-hydrogen) atoms. The molecule has 0 saturated heterocycles. The van der Waals surface area contributed by atoms with Gasteiger partial charge in [-0.25, -0.2) is 4.39 Å². The number of carbonyl (C=O) groups is 1. The molecule has 0 aromatic heterocycles. The van der Waals surface area contributed by atoms with Crippen LogP contribution in [0.5, 0.6) is 0 Å². The number of amides is 1. The third-order valence-corrected chi connectivity index (χ3v) is 8.01. The fourth-order valence-electron chi connectivity index (χ4n) is 5.27. The summed E-state index contributed by atoms with van der Waals surface area (Å²) in [6.45, 7) is 0.592. The van der Waals surface area contributed by atoms with Gasteiger partial charge in [0.05, 0.1) is 22.3 Å². The molecule has 222 valence electrons. The molecule has 1 heterocycles. The number of alkyl halides is 3. The summed E-state index contributed by atoms with van der Waals surface area (Å²) in [7, 11) is 0.